The summed E-state index contributed by atoms with van der Waals surface area (Å²) in [6, 6.07) is 0.511. The van der Waals surface area contributed by atoms with Gasteiger partial charge in [0.25, 0.3) is 0 Å². The normalized spacial score (nSPS) is 15.7. The third kappa shape index (κ3) is 3.80. The van der Waals surface area contributed by atoms with Gasteiger partial charge in [-0.25, -0.2) is 0 Å². The molecule has 15 heavy (non-hydrogen) atoms. The van der Waals surface area contributed by atoms with Gasteiger partial charge in [-0.05, 0) is 33.9 Å². The van der Waals surface area contributed by atoms with Gasteiger partial charge in [-0.1, -0.05) is 13.8 Å². The SMILES string of the molecule is CCC(CC)N(C)CC(C)(NC)C(N)=O. The molecule has 1 amide bonds. The van der Waals surface area contributed by atoms with Crippen molar-refractivity contribution < 1.29 is 4.79 Å². The molecule has 1 unspecified atom stereocenters. The summed E-state index contributed by atoms with van der Waals surface area (Å²) in [6.45, 7) is 6.80. The zero-order valence-electron chi connectivity index (χ0n) is 10.6. The lowest BCUT2D eigenvalue weighted by Crippen LogP contribution is -2.59. The topological polar surface area (TPSA) is 58.4 Å². The number of likely N-dealkylation sites (N-methyl/N-ethyl adjacent to an activating group) is 2. The maximum atomic E-state index is 11.3. The maximum absolute atomic E-state index is 11.3. The predicted octanol–water partition coefficient (Wildman–Crippen LogP) is 0.570. The van der Waals surface area contributed by atoms with Crippen molar-refractivity contribution in [3.05, 3.63) is 0 Å². The maximum Gasteiger partial charge on any atom is 0.238 e. The summed E-state index contributed by atoms with van der Waals surface area (Å²) in [4.78, 5) is 13.5. The zero-order valence-corrected chi connectivity index (χ0v) is 10.6. The number of carbonyl (C=O) groups is 1. The van der Waals surface area contributed by atoms with E-state index in [1.807, 2.05) is 14.0 Å². The van der Waals surface area contributed by atoms with Gasteiger partial charge in [0, 0.05) is 12.6 Å². The van der Waals surface area contributed by atoms with Crippen molar-refractivity contribution >= 4 is 5.91 Å². The van der Waals surface area contributed by atoms with Crippen LogP contribution in [0.5, 0.6) is 0 Å². The van der Waals surface area contributed by atoms with Gasteiger partial charge in [0.2, 0.25) is 5.91 Å². The van der Waals surface area contributed by atoms with Crippen molar-refractivity contribution in [1.29, 1.82) is 0 Å². The van der Waals surface area contributed by atoms with E-state index in [4.69, 9.17) is 5.73 Å². The highest BCUT2D eigenvalue weighted by Crippen LogP contribution is 2.11. The monoisotopic (exact) mass is 215 g/mol. The first kappa shape index (κ1) is 14.4. The second-order valence-corrected chi connectivity index (χ2v) is 4.33. The Kier molecular flexibility index (Phi) is 5.83. The highest BCUT2D eigenvalue weighted by Gasteiger charge is 2.31. The first-order valence-electron chi connectivity index (χ1n) is 5.60. The molecule has 1 atom stereocenters. The molecule has 0 aromatic carbocycles. The standard InChI is InChI=1S/C11H25N3O/c1-6-9(7-2)14(5)8-11(3,13-4)10(12)15/h9,13H,6-8H2,1-5H3,(H2,12,15). The van der Waals surface area contributed by atoms with Crippen molar-refractivity contribution in [3.63, 3.8) is 0 Å². The lowest BCUT2D eigenvalue weighted by atomic mass is 9.99. The molecule has 0 aromatic rings. The van der Waals surface area contributed by atoms with Gasteiger partial charge in [-0.15, -0.1) is 0 Å². The predicted molar refractivity (Wildman–Crippen MR) is 63.7 cm³/mol. The van der Waals surface area contributed by atoms with Crippen LogP contribution in [0.25, 0.3) is 0 Å². The summed E-state index contributed by atoms with van der Waals surface area (Å²) < 4.78 is 0. The Balaban J connectivity index is 4.48. The fraction of sp³-hybridized carbons (Fsp3) is 0.909. The smallest absolute Gasteiger partial charge is 0.238 e. The van der Waals surface area contributed by atoms with E-state index in [9.17, 15) is 4.79 Å². The molecular formula is C11H25N3O. The van der Waals surface area contributed by atoms with Crippen LogP contribution in [0.2, 0.25) is 0 Å². The van der Waals surface area contributed by atoms with E-state index in [1.165, 1.54) is 0 Å². The van der Waals surface area contributed by atoms with Crippen LogP contribution in [0.3, 0.4) is 0 Å². The number of carbonyl (C=O) groups excluding carboxylic acids is 1. The largest absolute Gasteiger partial charge is 0.368 e. The number of nitrogens with one attached hydrogen (secondary N) is 1. The van der Waals surface area contributed by atoms with Crippen LogP contribution < -0.4 is 11.1 Å². The average molecular weight is 215 g/mol. The number of nitrogens with zero attached hydrogens (tertiary/aromatic N) is 1. The van der Waals surface area contributed by atoms with Crippen molar-refractivity contribution in [3.8, 4) is 0 Å². The Morgan fingerprint density at radius 2 is 1.93 bits per heavy atom. The van der Waals surface area contributed by atoms with Gasteiger partial charge < -0.3 is 16.0 Å². The number of amides is 1. The fourth-order valence-corrected chi connectivity index (χ4v) is 1.82. The Bertz CT molecular complexity index is 204. The molecule has 90 valence electrons. The van der Waals surface area contributed by atoms with Crippen molar-refractivity contribution in [1.82, 2.24) is 10.2 Å². The lowest BCUT2D eigenvalue weighted by Gasteiger charge is -2.34. The number of primary amides is 1. The van der Waals surface area contributed by atoms with E-state index >= 15 is 0 Å². The molecule has 0 fully saturated rings. The van der Waals surface area contributed by atoms with Gasteiger partial charge in [-0.3, -0.25) is 4.79 Å². The Morgan fingerprint density at radius 3 is 2.20 bits per heavy atom. The lowest BCUT2D eigenvalue weighted by molar-refractivity contribution is -0.124. The van der Waals surface area contributed by atoms with E-state index in [0.717, 1.165) is 12.8 Å². The van der Waals surface area contributed by atoms with Crippen LogP contribution in [-0.4, -0.2) is 43.0 Å². The van der Waals surface area contributed by atoms with Crippen LogP contribution in [0.4, 0.5) is 0 Å². The second-order valence-electron chi connectivity index (χ2n) is 4.33. The van der Waals surface area contributed by atoms with E-state index in [-0.39, 0.29) is 5.91 Å². The van der Waals surface area contributed by atoms with E-state index in [0.29, 0.717) is 12.6 Å². The first-order valence-corrected chi connectivity index (χ1v) is 5.60. The fourth-order valence-electron chi connectivity index (χ4n) is 1.82. The number of nitrogens with two attached hydrogens (primary N) is 1. The quantitative estimate of drug-likeness (QED) is 0.653. The van der Waals surface area contributed by atoms with Crippen LogP contribution in [-0.2, 0) is 4.79 Å². The summed E-state index contributed by atoms with van der Waals surface area (Å²) >= 11 is 0. The number of hydrogen-bond donors (Lipinski definition) is 2. The molecule has 0 aliphatic rings. The molecule has 0 saturated carbocycles. The van der Waals surface area contributed by atoms with E-state index in [2.05, 4.69) is 24.1 Å². The van der Waals surface area contributed by atoms with Crippen molar-refractivity contribution in [2.45, 2.75) is 45.2 Å². The molecule has 0 aromatic heterocycles. The molecule has 0 bridgehead atoms. The molecule has 0 heterocycles. The van der Waals surface area contributed by atoms with Gasteiger partial charge in [0.1, 0.15) is 5.54 Å². The van der Waals surface area contributed by atoms with Gasteiger partial charge in [-0.2, -0.15) is 0 Å². The molecule has 0 aliphatic heterocycles. The summed E-state index contributed by atoms with van der Waals surface area (Å²) in [7, 11) is 3.81. The van der Waals surface area contributed by atoms with E-state index < -0.39 is 5.54 Å². The Hall–Kier alpha value is -0.610. The molecule has 0 spiro atoms. The van der Waals surface area contributed by atoms with Crippen LogP contribution in [0.15, 0.2) is 0 Å². The molecule has 0 radical (unpaired) electrons. The van der Waals surface area contributed by atoms with Crippen LogP contribution in [0.1, 0.15) is 33.6 Å². The van der Waals surface area contributed by atoms with Gasteiger partial charge in [0.05, 0.1) is 0 Å². The van der Waals surface area contributed by atoms with Gasteiger partial charge in [0.15, 0.2) is 0 Å². The summed E-state index contributed by atoms with van der Waals surface area (Å²) in [6.07, 6.45) is 2.18. The minimum absolute atomic E-state index is 0.303. The molecule has 4 heteroatoms. The van der Waals surface area contributed by atoms with Crippen LogP contribution >= 0.6 is 0 Å². The third-order valence-corrected chi connectivity index (χ3v) is 3.23. The summed E-state index contributed by atoms with van der Waals surface area (Å²) in [5, 5.41) is 3.00. The van der Waals surface area contributed by atoms with E-state index in [1.54, 1.807) is 7.05 Å². The summed E-state index contributed by atoms with van der Waals surface area (Å²) in [5.41, 5.74) is 4.74. The highest BCUT2D eigenvalue weighted by atomic mass is 16.1. The van der Waals surface area contributed by atoms with Crippen molar-refractivity contribution in [2.24, 2.45) is 5.73 Å². The summed E-state index contributed by atoms with van der Waals surface area (Å²) in [5.74, 6) is -0.303. The Labute approximate surface area is 93.2 Å². The number of rotatable bonds is 7. The zero-order chi connectivity index (χ0) is 12.1. The minimum atomic E-state index is -0.642. The molecule has 0 aliphatic carbocycles. The molecule has 3 N–H and O–H groups in total. The Morgan fingerprint density at radius 1 is 1.47 bits per heavy atom. The molecule has 0 saturated heterocycles. The molecule has 0 rings (SSSR count). The first-order chi connectivity index (χ1) is 6.91. The third-order valence-electron chi connectivity index (χ3n) is 3.23. The molecular weight excluding hydrogens is 190 g/mol. The van der Waals surface area contributed by atoms with Gasteiger partial charge >= 0.3 is 0 Å². The molecule has 4 nitrogen and oxygen atoms in total. The highest BCUT2D eigenvalue weighted by molar-refractivity contribution is 5.84. The van der Waals surface area contributed by atoms with Crippen LogP contribution in [0, 0.1) is 0 Å². The van der Waals surface area contributed by atoms with Crippen molar-refractivity contribution in [2.75, 3.05) is 20.6 Å². The minimum Gasteiger partial charge on any atom is -0.368 e. The average Bonchev–Trinajstić information content (AvgIpc) is 2.19. The number of hydrogen-bond acceptors (Lipinski definition) is 3. The second kappa shape index (κ2) is 6.08.